The van der Waals surface area contributed by atoms with E-state index in [1.165, 1.54) is 6.20 Å². The van der Waals surface area contributed by atoms with Gasteiger partial charge in [-0.25, -0.2) is 13.8 Å². The van der Waals surface area contributed by atoms with Crippen molar-refractivity contribution >= 4 is 29.4 Å². The van der Waals surface area contributed by atoms with E-state index in [4.69, 9.17) is 4.74 Å². The first kappa shape index (κ1) is 18.9. The summed E-state index contributed by atoms with van der Waals surface area (Å²) in [5.74, 6) is -3.03. The van der Waals surface area contributed by atoms with Crippen molar-refractivity contribution in [3.63, 3.8) is 0 Å². The topological polar surface area (TPSA) is 67.0 Å². The molecule has 0 amide bonds. The SMILES string of the molecule is CN/C(C)=C(\S)COc1ccc(F)c(C(=O)c2c[nH]c3ncccc23)c1F. The number of carbonyl (C=O) groups is 1. The van der Waals surface area contributed by atoms with E-state index in [-0.39, 0.29) is 17.9 Å². The maximum atomic E-state index is 14.8. The molecule has 3 aromatic rings. The summed E-state index contributed by atoms with van der Waals surface area (Å²) in [6, 6.07) is 5.45. The third-order valence-corrected chi connectivity index (χ3v) is 4.62. The van der Waals surface area contributed by atoms with Crippen molar-refractivity contribution in [1.29, 1.82) is 0 Å². The molecule has 0 aliphatic heterocycles. The first-order chi connectivity index (χ1) is 12.9. The van der Waals surface area contributed by atoms with Crippen molar-refractivity contribution < 1.29 is 18.3 Å². The first-order valence-electron chi connectivity index (χ1n) is 8.08. The Morgan fingerprint density at radius 1 is 1.33 bits per heavy atom. The predicted octanol–water partition coefficient (Wildman–Crippen LogP) is 3.83. The molecule has 0 unspecified atom stereocenters. The third-order valence-electron chi connectivity index (χ3n) is 4.15. The fraction of sp³-hybridized carbons (Fsp3) is 0.158. The number of fused-ring (bicyclic) bond motifs is 1. The first-order valence-corrected chi connectivity index (χ1v) is 8.52. The fourth-order valence-corrected chi connectivity index (χ4v) is 2.71. The number of rotatable bonds is 6. The van der Waals surface area contributed by atoms with E-state index in [0.29, 0.717) is 15.9 Å². The molecule has 0 atom stereocenters. The van der Waals surface area contributed by atoms with Crippen molar-refractivity contribution in [1.82, 2.24) is 15.3 Å². The summed E-state index contributed by atoms with van der Waals surface area (Å²) in [5, 5.41) is 3.38. The second-order valence-corrected chi connectivity index (χ2v) is 6.32. The Bertz CT molecular complexity index is 1050. The van der Waals surface area contributed by atoms with Gasteiger partial charge in [-0.1, -0.05) is 0 Å². The van der Waals surface area contributed by atoms with Gasteiger partial charge in [0.1, 0.15) is 18.1 Å². The molecule has 0 bridgehead atoms. The molecule has 0 aliphatic rings. The molecule has 27 heavy (non-hydrogen) atoms. The lowest BCUT2D eigenvalue weighted by molar-refractivity contribution is 0.103. The zero-order chi connectivity index (χ0) is 19.6. The van der Waals surface area contributed by atoms with Crippen LogP contribution < -0.4 is 10.1 Å². The number of ketones is 1. The Morgan fingerprint density at radius 2 is 2.11 bits per heavy atom. The number of hydrogen-bond acceptors (Lipinski definition) is 5. The Kier molecular flexibility index (Phi) is 5.46. The number of hydrogen-bond donors (Lipinski definition) is 3. The lowest BCUT2D eigenvalue weighted by Crippen LogP contribution is -2.11. The van der Waals surface area contributed by atoms with Crippen LogP contribution in [0.1, 0.15) is 22.8 Å². The summed E-state index contributed by atoms with van der Waals surface area (Å²) in [7, 11) is 1.72. The van der Waals surface area contributed by atoms with E-state index >= 15 is 0 Å². The molecular weight excluding hydrogens is 372 g/mol. The monoisotopic (exact) mass is 389 g/mol. The zero-order valence-electron chi connectivity index (χ0n) is 14.6. The number of benzene rings is 1. The van der Waals surface area contributed by atoms with Crippen molar-refractivity contribution in [3.8, 4) is 5.75 Å². The summed E-state index contributed by atoms with van der Waals surface area (Å²) < 4.78 is 34.5. The highest BCUT2D eigenvalue weighted by Crippen LogP contribution is 2.28. The number of pyridine rings is 1. The molecule has 1 aromatic carbocycles. The third kappa shape index (κ3) is 3.66. The number of nitrogens with zero attached hydrogens (tertiary/aromatic N) is 1. The molecule has 0 saturated carbocycles. The van der Waals surface area contributed by atoms with Crippen LogP contribution in [0.3, 0.4) is 0 Å². The van der Waals surface area contributed by atoms with Gasteiger partial charge in [0.25, 0.3) is 0 Å². The number of halogens is 2. The van der Waals surface area contributed by atoms with Gasteiger partial charge in [0.15, 0.2) is 11.6 Å². The van der Waals surface area contributed by atoms with Crippen LogP contribution in [0.15, 0.2) is 47.3 Å². The molecule has 2 N–H and O–H groups in total. The van der Waals surface area contributed by atoms with Gasteiger partial charge in [0.2, 0.25) is 5.78 Å². The van der Waals surface area contributed by atoms with Crippen LogP contribution in [-0.4, -0.2) is 29.4 Å². The van der Waals surface area contributed by atoms with Crippen LogP contribution in [0.5, 0.6) is 5.75 Å². The van der Waals surface area contributed by atoms with Gasteiger partial charge in [-0.05, 0) is 31.2 Å². The quantitative estimate of drug-likeness (QED) is 0.443. The van der Waals surface area contributed by atoms with E-state index < -0.39 is 23.0 Å². The summed E-state index contributed by atoms with van der Waals surface area (Å²) in [6.45, 7) is 1.76. The van der Waals surface area contributed by atoms with Crippen LogP contribution in [0, 0.1) is 11.6 Å². The number of carbonyl (C=O) groups excluding carboxylic acids is 1. The van der Waals surface area contributed by atoms with Gasteiger partial charge in [-0.2, -0.15) is 0 Å². The van der Waals surface area contributed by atoms with Crippen molar-refractivity contribution in [2.75, 3.05) is 13.7 Å². The summed E-state index contributed by atoms with van der Waals surface area (Å²) >= 11 is 4.26. The Morgan fingerprint density at radius 3 is 2.85 bits per heavy atom. The molecule has 140 valence electrons. The van der Waals surface area contributed by atoms with Crippen LogP contribution in [0.4, 0.5) is 8.78 Å². The predicted molar refractivity (Wildman–Crippen MR) is 102 cm³/mol. The minimum atomic E-state index is -1.05. The molecule has 0 saturated heterocycles. The van der Waals surface area contributed by atoms with Gasteiger partial charge < -0.3 is 15.0 Å². The normalized spacial score (nSPS) is 12.0. The highest BCUT2D eigenvalue weighted by molar-refractivity contribution is 7.84. The highest BCUT2D eigenvalue weighted by Gasteiger charge is 2.25. The maximum Gasteiger partial charge on any atom is 0.201 e. The second kappa shape index (κ2) is 7.79. The van der Waals surface area contributed by atoms with Crippen LogP contribution >= 0.6 is 12.6 Å². The number of H-pyrrole nitrogens is 1. The molecular formula is C19H17F2N3O2S. The second-order valence-electron chi connectivity index (χ2n) is 5.78. The molecule has 0 fully saturated rings. The van der Waals surface area contributed by atoms with E-state index in [1.807, 2.05) is 0 Å². The number of thiol groups is 1. The van der Waals surface area contributed by atoms with Gasteiger partial charge in [0.05, 0.1) is 5.56 Å². The van der Waals surface area contributed by atoms with Crippen molar-refractivity contribution in [2.24, 2.45) is 0 Å². The summed E-state index contributed by atoms with van der Waals surface area (Å²) in [5.41, 5.74) is 0.672. The Labute approximate surface area is 159 Å². The number of aromatic nitrogens is 2. The molecule has 3 rings (SSSR count). The molecule has 5 nitrogen and oxygen atoms in total. The summed E-state index contributed by atoms with van der Waals surface area (Å²) in [4.78, 5) is 20.2. The Hall–Kier alpha value is -2.87. The number of allylic oxidation sites excluding steroid dienone is 1. The lowest BCUT2D eigenvalue weighted by atomic mass is 10.0. The van der Waals surface area contributed by atoms with Gasteiger partial charge in [-0.15, -0.1) is 12.6 Å². The average Bonchev–Trinajstić information content (AvgIpc) is 3.10. The van der Waals surface area contributed by atoms with Gasteiger partial charge in [0, 0.05) is 41.0 Å². The average molecular weight is 389 g/mol. The van der Waals surface area contributed by atoms with Crippen LogP contribution in [-0.2, 0) is 0 Å². The fourth-order valence-electron chi connectivity index (χ4n) is 2.53. The van der Waals surface area contributed by atoms with Gasteiger partial charge >= 0.3 is 0 Å². The number of nitrogens with one attached hydrogen (secondary N) is 2. The van der Waals surface area contributed by atoms with Crippen molar-refractivity contribution in [2.45, 2.75) is 6.92 Å². The smallest absolute Gasteiger partial charge is 0.201 e. The minimum Gasteiger partial charge on any atom is -0.485 e. The Balaban J connectivity index is 1.97. The van der Waals surface area contributed by atoms with Crippen molar-refractivity contribution in [3.05, 3.63) is 70.0 Å². The largest absolute Gasteiger partial charge is 0.485 e. The highest BCUT2D eigenvalue weighted by atomic mass is 32.1. The van der Waals surface area contributed by atoms with E-state index in [1.54, 1.807) is 32.3 Å². The maximum absolute atomic E-state index is 14.8. The lowest BCUT2D eigenvalue weighted by Gasteiger charge is -2.12. The molecule has 0 radical (unpaired) electrons. The molecule has 0 aliphatic carbocycles. The number of ether oxygens (including phenoxy) is 1. The number of aromatic amines is 1. The van der Waals surface area contributed by atoms with Gasteiger partial charge in [-0.3, -0.25) is 4.79 Å². The van der Waals surface area contributed by atoms with E-state index in [0.717, 1.165) is 17.8 Å². The molecule has 2 aromatic heterocycles. The minimum absolute atomic E-state index is 0.0248. The van der Waals surface area contributed by atoms with Crippen LogP contribution in [0.2, 0.25) is 0 Å². The standard InChI is InChI=1S/C19H17F2N3O2S/c1-10(22-2)15(27)9-26-14-6-5-13(20)16(17(14)21)18(25)12-8-24-19-11(12)4-3-7-23-19/h3-8,22,27H,9H2,1-2H3,(H,23,24)/b15-10-. The van der Waals surface area contributed by atoms with Crippen LogP contribution in [0.25, 0.3) is 11.0 Å². The molecule has 2 heterocycles. The molecule has 0 spiro atoms. The van der Waals surface area contributed by atoms with E-state index in [9.17, 15) is 13.6 Å². The molecule has 8 heteroatoms. The van der Waals surface area contributed by atoms with E-state index in [2.05, 4.69) is 27.9 Å². The zero-order valence-corrected chi connectivity index (χ0v) is 15.5. The summed E-state index contributed by atoms with van der Waals surface area (Å²) in [6.07, 6.45) is 2.94.